The van der Waals surface area contributed by atoms with Crippen LogP contribution < -0.4 is 10.9 Å². The lowest BCUT2D eigenvalue weighted by atomic mass is 10.3. The Kier molecular flexibility index (Phi) is 2.93. The molecular formula is C12H14BrN5O. The Balaban J connectivity index is 1.76. The van der Waals surface area contributed by atoms with Crippen LogP contribution in [0.3, 0.4) is 0 Å². The average Bonchev–Trinajstić information content (AvgIpc) is 3.06. The molecule has 1 fully saturated rings. The first-order chi connectivity index (χ1) is 9.11. The van der Waals surface area contributed by atoms with Gasteiger partial charge >= 0.3 is 0 Å². The second-order valence-corrected chi connectivity index (χ2v) is 5.79. The summed E-state index contributed by atoms with van der Waals surface area (Å²) in [5.41, 5.74) is -0.130. The van der Waals surface area contributed by atoms with Gasteiger partial charge in [-0.15, -0.1) is 0 Å². The van der Waals surface area contributed by atoms with Gasteiger partial charge in [-0.05, 0) is 28.8 Å². The number of nitrogens with one attached hydrogen (secondary N) is 1. The monoisotopic (exact) mass is 323 g/mol. The predicted octanol–water partition coefficient (Wildman–Crippen LogP) is 1.34. The van der Waals surface area contributed by atoms with Crippen LogP contribution in [0.2, 0.25) is 0 Å². The molecule has 100 valence electrons. The number of hydrogen-bond donors (Lipinski definition) is 1. The zero-order chi connectivity index (χ0) is 13.5. The lowest BCUT2D eigenvalue weighted by Crippen LogP contribution is -2.30. The van der Waals surface area contributed by atoms with E-state index < -0.39 is 0 Å². The van der Waals surface area contributed by atoms with Crippen molar-refractivity contribution in [2.45, 2.75) is 18.4 Å². The molecule has 0 spiro atoms. The number of aryl methyl sites for hydroxylation is 1. The van der Waals surface area contributed by atoms with Crippen molar-refractivity contribution >= 4 is 21.7 Å². The van der Waals surface area contributed by atoms with Crippen LogP contribution in [0.15, 0.2) is 34.1 Å². The molecule has 2 heterocycles. The Hall–Kier alpha value is -1.63. The van der Waals surface area contributed by atoms with E-state index in [1.807, 2.05) is 10.9 Å². The number of nitrogens with zero attached hydrogens (tertiary/aromatic N) is 4. The number of halogens is 1. The molecule has 0 saturated heterocycles. The zero-order valence-corrected chi connectivity index (χ0v) is 12.1. The molecule has 7 heteroatoms. The molecule has 1 N–H and O–H groups in total. The van der Waals surface area contributed by atoms with Crippen LogP contribution in [0.4, 0.5) is 5.82 Å². The third-order valence-electron chi connectivity index (χ3n) is 3.47. The second-order valence-electron chi connectivity index (χ2n) is 4.87. The summed E-state index contributed by atoms with van der Waals surface area (Å²) in [6, 6.07) is 0. The molecule has 2 aromatic heterocycles. The van der Waals surface area contributed by atoms with Crippen molar-refractivity contribution in [2.75, 3.05) is 11.9 Å². The van der Waals surface area contributed by atoms with Gasteiger partial charge in [0.1, 0.15) is 0 Å². The molecule has 19 heavy (non-hydrogen) atoms. The van der Waals surface area contributed by atoms with Crippen molar-refractivity contribution < 1.29 is 0 Å². The summed E-state index contributed by atoms with van der Waals surface area (Å²) >= 11 is 3.40. The highest BCUT2D eigenvalue weighted by atomic mass is 79.9. The van der Waals surface area contributed by atoms with Gasteiger partial charge in [-0.3, -0.25) is 9.48 Å². The third kappa shape index (κ3) is 2.30. The number of rotatable bonds is 4. The quantitative estimate of drug-likeness (QED) is 0.922. The van der Waals surface area contributed by atoms with Crippen LogP contribution in [-0.2, 0) is 12.6 Å². The normalized spacial score (nSPS) is 16.3. The minimum Gasteiger partial charge on any atom is -0.363 e. The molecule has 0 aliphatic heterocycles. The van der Waals surface area contributed by atoms with Crippen molar-refractivity contribution in [3.8, 4) is 0 Å². The van der Waals surface area contributed by atoms with Gasteiger partial charge in [0.05, 0.1) is 16.2 Å². The standard InChI is InChI=1S/C12H14BrN5O/c1-17-5-4-14-10(11(17)19)15-8-12(2-3-12)18-7-9(13)6-16-18/h4-7H,2-3,8H2,1H3,(H,14,15). The van der Waals surface area contributed by atoms with E-state index in [4.69, 9.17) is 0 Å². The lowest BCUT2D eigenvalue weighted by Gasteiger charge is -2.17. The van der Waals surface area contributed by atoms with Crippen LogP contribution >= 0.6 is 15.9 Å². The third-order valence-corrected chi connectivity index (χ3v) is 3.88. The summed E-state index contributed by atoms with van der Waals surface area (Å²) in [5, 5.41) is 7.47. The van der Waals surface area contributed by atoms with Crippen molar-refractivity contribution in [1.82, 2.24) is 19.3 Å². The maximum absolute atomic E-state index is 11.9. The predicted molar refractivity (Wildman–Crippen MR) is 75.1 cm³/mol. The Bertz CT molecular complexity index is 658. The highest BCUT2D eigenvalue weighted by molar-refractivity contribution is 9.10. The highest BCUT2D eigenvalue weighted by Crippen LogP contribution is 2.43. The molecule has 6 nitrogen and oxygen atoms in total. The first-order valence-electron chi connectivity index (χ1n) is 6.07. The fourth-order valence-corrected chi connectivity index (χ4v) is 2.34. The zero-order valence-electron chi connectivity index (χ0n) is 10.5. The number of aromatic nitrogens is 4. The lowest BCUT2D eigenvalue weighted by molar-refractivity contribution is 0.452. The highest BCUT2D eigenvalue weighted by Gasteiger charge is 2.45. The number of anilines is 1. The minimum atomic E-state index is -0.111. The fourth-order valence-electron chi connectivity index (χ4n) is 2.06. The Morgan fingerprint density at radius 1 is 1.53 bits per heavy atom. The van der Waals surface area contributed by atoms with Gasteiger partial charge in [0, 0.05) is 32.2 Å². The maximum Gasteiger partial charge on any atom is 0.293 e. The summed E-state index contributed by atoms with van der Waals surface area (Å²) in [6.07, 6.45) is 9.12. The van der Waals surface area contributed by atoms with E-state index in [9.17, 15) is 4.79 Å². The summed E-state index contributed by atoms with van der Waals surface area (Å²) < 4.78 is 4.43. The molecule has 0 unspecified atom stereocenters. The summed E-state index contributed by atoms with van der Waals surface area (Å²) in [5.74, 6) is 0.391. The average molecular weight is 324 g/mol. The van der Waals surface area contributed by atoms with Crippen LogP contribution in [-0.4, -0.2) is 25.9 Å². The smallest absolute Gasteiger partial charge is 0.293 e. The van der Waals surface area contributed by atoms with Crippen LogP contribution in [0, 0.1) is 0 Å². The van der Waals surface area contributed by atoms with Gasteiger partial charge < -0.3 is 9.88 Å². The molecule has 2 aromatic rings. The largest absolute Gasteiger partial charge is 0.363 e. The summed E-state index contributed by atoms with van der Waals surface area (Å²) in [4.78, 5) is 15.9. The van der Waals surface area contributed by atoms with Crippen molar-refractivity contribution in [1.29, 1.82) is 0 Å². The topological polar surface area (TPSA) is 64.7 Å². The number of hydrogen-bond acceptors (Lipinski definition) is 4. The van der Waals surface area contributed by atoms with E-state index in [0.29, 0.717) is 12.4 Å². The van der Waals surface area contributed by atoms with Crippen molar-refractivity contribution in [3.63, 3.8) is 0 Å². The molecule has 0 bridgehead atoms. The van der Waals surface area contributed by atoms with Gasteiger partial charge in [0.25, 0.3) is 5.56 Å². The van der Waals surface area contributed by atoms with Gasteiger partial charge in [-0.25, -0.2) is 4.98 Å². The Labute approximate surface area is 118 Å². The van der Waals surface area contributed by atoms with E-state index in [2.05, 4.69) is 31.3 Å². The van der Waals surface area contributed by atoms with Crippen LogP contribution in [0.1, 0.15) is 12.8 Å². The van der Waals surface area contributed by atoms with Crippen LogP contribution in [0.25, 0.3) is 0 Å². The first kappa shape index (κ1) is 12.4. The van der Waals surface area contributed by atoms with Crippen molar-refractivity contribution in [2.24, 2.45) is 7.05 Å². The maximum atomic E-state index is 11.9. The molecule has 0 aromatic carbocycles. The van der Waals surface area contributed by atoms with Crippen LogP contribution in [0.5, 0.6) is 0 Å². The SMILES string of the molecule is Cn1ccnc(NCC2(n3cc(Br)cn3)CC2)c1=O. The second kappa shape index (κ2) is 4.48. The van der Waals surface area contributed by atoms with E-state index in [-0.39, 0.29) is 11.1 Å². The minimum absolute atomic E-state index is 0.0193. The van der Waals surface area contributed by atoms with Gasteiger partial charge in [-0.1, -0.05) is 0 Å². The Morgan fingerprint density at radius 3 is 2.95 bits per heavy atom. The fraction of sp³-hybridized carbons (Fsp3) is 0.417. The molecule has 1 aliphatic carbocycles. The Morgan fingerprint density at radius 2 is 2.32 bits per heavy atom. The summed E-state index contributed by atoms with van der Waals surface area (Å²) in [6.45, 7) is 0.660. The van der Waals surface area contributed by atoms with Gasteiger partial charge in [0.2, 0.25) is 0 Å². The van der Waals surface area contributed by atoms with E-state index in [1.54, 1.807) is 25.6 Å². The van der Waals surface area contributed by atoms with Gasteiger partial charge in [0.15, 0.2) is 5.82 Å². The molecule has 1 saturated carbocycles. The summed E-state index contributed by atoms with van der Waals surface area (Å²) in [7, 11) is 1.71. The molecule has 0 atom stereocenters. The van der Waals surface area contributed by atoms with E-state index in [0.717, 1.165) is 17.3 Å². The molecule has 0 radical (unpaired) electrons. The van der Waals surface area contributed by atoms with Crippen molar-refractivity contribution in [3.05, 3.63) is 39.6 Å². The van der Waals surface area contributed by atoms with E-state index in [1.165, 1.54) is 4.57 Å². The first-order valence-corrected chi connectivity index (χ1v) is 6.86. The molecule has 0 amide bonds. The van der Waals surface area contributed by atoms with E-state index >= 15 is 0 Å². The molecule has 1 aliphatic rings. The molecular weight excluding hydrogens is 310 g/mol. The van der Waals surface area contributed by atoms with Gasteiger partial charge in [-0.2, -0.15) is 5.10 Å². The molecule has 3 rings (SSSR count).